The van der Waals surface area contributed by atoms with Crippen LogP contribution in [0.25, 0.3) is 11.4 Å². The number of rotatable bonds is 5. The summed E-state index contributed by atoms with van der Waals surface area (Å²) in [6.45, 7) is 4.03. The molecule has 1 amide bonds. The summed E-state index contributed by atoms with van der Waals surface area (Å²) in [5.41, 5.74) is 0.669. The normalized spacial score (nSPS) is 22.2. The lowest BCUT2D eigenvalue weighted by atomic mass is 9.85. The third-order valence-corrected chi connectivity index (χ3v) is 10.3. The molecule has 32 heavy (non-hydrogen) atoms. The monoisotopic (exact) mass is 479 g/mol. The highest BCUT2D eigenvalue weighted by atomic mass is 32.2. The van der Waals surface area contributed by atoms with E-state index in [1.165, 1.54) is 22.1 Å². The van der Waals surface area contributed by atoms with Crippen molar-refractivity contribution in [3.63, 3.8) is 0 Å². The van der Waals surface area contributed by atoms with Crippen LogP contribution in [0.5, 0.6) is 0 Å². The van der Waals surface area contributed by atoms with Gasteiger partial charge in [0.1, 0.15) is 4.21 Å². The van der Waals surface area contributed by atoms with E-state index in [1.54, 1.807) is 11.4 Å². The molecule has 1 aliphatic carbocycles. The molecule has 1 saturated carbocycles. The average molecular weight is 480 g/mol. The maximum absolute atomic E-state index is 13.2. The highest BCUT2D eigenvalue weighted by Crippen LogP contribution is 2.37. The van der Waals surface area contributed by atoms with Crippen LogP contribution in [0.1, 0.15) is 43.9 Å². The van der Waals surface area contributed by atoms with E-state index >= 15 is 0 Å². The van der Waals surface area contributed by atoms with Crippen molar-refractivity contribution in [2.45, 2.75) is 42.2 Å². The van der Waals surface area contributed by atoms with Crippen LogP contribution in [0.15, 0.2) is 20.2 Å². The van der Waals surface area contributed by atoms with E-state index in [1.807, 2.05) is 4.90 Å². The van der Waals surface area contributed by atoms with Gasteiger partial charge in [0.15, 0.2) is 0 Å². The summed E-state index contributed by atoms with van der Waals surface area (Å²) in [5, 5.41) is 5.81. The number of aromatic nitrogens is 2. The zero-order chi connectivity index (χ0) is 22.3. The Morgan fingerprint density at radius 3 is 2.47 bits per heavy atom. The Kier molecular flexibility index (Phi) is 6.08. The van der Waals surface area contributed by atoms with Gasteiger partial charge in [0.25, 0.3) is 10.0 Å². The lowest BCUT2D eigenvalue weighted by molar-refractivity contribution is -0.138. The zero-order valence-electron chi connectivity index (χ0n) is 18.3. The van der Waals surface area contributed by atoms with Crippen molar-refractivity contribution < 1.29 is 17.7 Å². The van der Waals surface area contributed by atoms with Gasteiger partial charge in [-0.1, -0.05) is 11.6 Å². The number of hydrogen-bond acceptors (Lipinski definition) is 8. The van der Waals surface area contributed by atoms with Crippen LogP contribution in [0.2, 0.25) is 0 Å². The number of carbonyl (C=O) groups excluding carboxylic acids is 1. The average Bonchev–Trinajstić information content (AvgIpc) is 3.43. The van der Waals surface area contributed by atoms with Gasteiger partial charge in [-0.15, -0.1) is 11.3 Å². The van der Waals surface area contributed by atoms with Crippen molar-refractivity contribution in [3.8, 4) is 11.4 Å². The number of hydrogen-bond donors (Lipinski definition) is 0. The van der Waals surface area contributed by atoms with Crippen LogP contribution in [-0.4, -0.2) is 84.9 Å². The molecule has 0 aromatic carbocycles. The van der Waals surface area contributed by atoms with E-state index in [-0.39, 0.29) is 16.0 Å². The molecule has 3 aliphatic rings. The third-order valence-electron chi connectivity index (χ3n) is 6.94. The van der Waals surface area contributed by atoms with E-state index in [2.05, 4.69) is 22.1 Å². The first kappa shape index (κ1) is 22.0. The first-order valence-corrected chi connectivity index (χ1v) is 13.6. The topological polar surface area (TPSA) is 99.8 Å². The van der Waals surface area contributed by atoms with E-state index in [9.17, 15) is 13.2 Å². The van der Waals surface area contributed by atoms with Gasteiger partial charge in [0.2, 0.25) is 17.6 Å². The van der Waals surface area contributed by atoms with E-state index in [0.29, 0.717) is 49.1 Å². The van der Waals surface area contributed by atoms with Crippen molar-refractivity contribution >= 4 is 27.3 Å². The van der Waals surface area contributed by atoms with Gasteiger partial charge in [-0.3, -0.25) is 4.79 Å². The van der Waals surface area contributed by atoms with Crippen molar-refractivity contribution in [2.24, 2.45) is 5.92 Å². The van der Waals surface area contributed by atoms with Gasteiger partial charge in [0.05, 0.1) is 0 Å². The van der Waals surface area contributed by atoms with Crippen molar-refractivity contribution in [3.05, 3.63) is 17.3 Å². The molecule has 0 N–H and O–H groups in total. The Labute approximate surface area is 192 Å². The number of thiophene rings is 1. The van der Waals surface area contributed by atoms with E-state index in [4.69, 9.17) is 4.52 Å². The Bertz CT molecular complexity index is 1060. The molecule has 2 aromatic rings. The van der Waals surface area contributed by atoms with Crippen LogP contribution in [-0.2, 0) is 14.8 Å². The highest BCUT2D eigenvalue weighted by molar-refractivity contribution is 7.91. The fourth-order valence-electron chi connectivity index (χ4n) is 4.50. The summed E-state index contributed by atoms with van der Waals surface area (Å²) < 4.78 is 33.5. The molecule has 4 heterocycles. The fourth-order valence-corrected chi connectivity index (χ4v) is 7.28. The smallest absolute Gasteiger partial charge is 0.252 e. The van der Waals surface area contributed by atoms with Gasteiger partial charge >= 0.3 is 0 Å². The lowest BCUT2D eigenvalue weighted by Crippen LogP contribution is -2.50. The molecular formula is C21H29N5O4S2. The molecule has 174 valence electrons. The molecule has 9 nitrogen and oxygen atoms in total. The second-order valence-corrected chi connectivity index (χ2v) is 12.1. The molecule has 5 rings (SSSR count). The van der Waals surface area contributed by atoms with Gasteiger partial charge < -0.3 is 14.3 Å². The number of amides is 1. The summed E-state index contributed by atoms with van der Waals surface area (Å²) in [7, 11) is -1.54. The van der Waals surface area contributed by atoms with Crippen LogP contribution in [0.3, 0.4) is 0 Å². The molecule has 2 aliphatic heterocycles. The Hall–Kier alpha value is -1.82. The minimum atomic E-state index is -3.60. The maximum Gasteiger partial charge on any atom is 0.252 e. The number of piperidine rings is 1. The van der Waals surface area contributed by atoms with Gasteiger partial charge in [0, 0.05) is 62.0 Å². The van der Waals surface area contributed by atoms with Gasteiger partial charge in [-0.05, 0) is 38.8 Å². The molecule has 0 spiro atoms. The van der Waals surface area contributed by atoms with Gasteiger partial charge in [-0.25, -0.2) is 8.42 Å². The maximum atomic E-state index is 13.2. The number of piperazine rings is 1. The molecule has 0 bridgehead atoms. The van der Waals surface area contributed by atoms with Crippen molar-refractivity contribution in [1.82, 2.24) is 24.2 Å². The zero-order valence-corrected chi connectivity index (χ0v) is 19.9. The second-order valence-electron chi connectivity index (χ2n) is 9.05. The summed E-state index contributed by atoms with van der Waals surface area (Å²) in [6.07, 6.45) is 4.45. The summed E-state index contributed by atoms with van der Waals surface area (Å²) in [5.74, 6) is 1.52. The van der Waals surface area contributed by atoms with Crippen LogP contribution in [0, 0.1) is 5.92 Å². The first-order chi connectivity index (χ1) is 15.4. The van der Waals surface area contributed by atoms with E-state index in [0.717, 1.165) is 39.0 Å². The second kappa shape index (κ2) is 8.85. The van der Waals surface area contributed by atoms with Crippen LogP contribution >= 0.6 is 11.3 Å². The van der Waals surface area contributed by atoms with Gasteiger partial charge in [-0.2, -0.15) is 9.29 Å². The summed E-state index contributed by atoms with van der Waals surface area (Å²) in [4.78, 5) is 21.5. The van der Waals surface area contributed by atoms with Crippen molar-refractivity contribution in [2.75, 3.05) is 46.3 Å². The molecular weight excluding hydrogens is 450 g/mol. The molecule has 0 radical (unpaired) electrons. The number of carbonyl (C=O) groups is 1. The third kappa shape index (κ3) is 4.23. The minimum absolute atomic E-state index is 0.0898. The summed E-state index contributed by atoms with van der Waals surface area (Å²) in [6, 6.07) is 1.64. The minimum Gasteiger partial charge on any atom is -0.340 e. The molecule has 11 heteroatoms. The predicted octanol–water partition coefficient (Wildman–Crippen LogP) is 2.24. The molecule has 0 unspecified atom stereocenters. The SMILES string of the molecule is CN1CCN(C(=O)C2CCN(S(=O)(=O)c3cc(-c4noc(C5CCC5)n4)cs3)CC2)CC1. The quantitative estimate of drug-likeness (QED) is 0.648. The number of likely N-dealkylation sites (N-methyl/N-ethyl adjacent to an activating group) is 1. The van der Waals surface area contributed by atoms with E-state index < -0.39 is 10.0 Å². The molecule has 3 fully saturated rings. The number of sulfonamides is 1. The molecule has 2 saturated heterocycles. The Balaban J connectivity index is 1.21. The summed E-state index contributed by atoms with van der Waals surface area (Å²) >= 11 is 1.18. The predicted molar refractivity (Wildman–Crippen MR) is 120 cm³/mol. The number of nitrogens with zero attached hydrogens (tertiary/aromatic N) is 5. The van der Waals surface area contributed by atoms with Crippen molar-refractivity contribution in [1.29, 1.82) is 0 Å². The molecule has 2 aromatic heterocycles. The van der Waals surface area contributed by atoms with Crippen LogP contribution < -0.4 is 0 Å². The largest absolute Gasteiger partial charge is 0.340 e. The Morgan fingerprint density at radius 1 is 1.09 bits per heavy atom. The fraction of sp³-hybridized carbons (Fsp3) is 0.667. The molecule has 0 atom stereocenters. The van der Waals surface area contributed by atoms with Crippen LogP contribution in [0.4, 0.5) is 0 Å². The first-order valence-electron chi connectivity index (χ1n) is 11.3. The standard InChI is InChI=1S/C21H29N5O4S2/c1-24-9-11-25(12-10-24)21(27)16-5-7-26(8-6-16)32(28,29)18-13-17(14-31-18)19-22-20(30-23-19)15-3-2-4-15/h13-16H,2-12H2,1H3. The Morgan fingerprint density at radius 2 is 1.81 bits per heavy atom. The highest BCUT2D eigenvalue weighted by Gasteiger charge is 2.35. The lowest BCUT2D eigenvalue weighted by Gasteiger charge is -2.37.